The molecule has 0 saturated carbocycles. The number of carbonyl (C=O) groups is 2. The summed E-state index contributed by atoms with van der Waals surface area (Å²) in [4.78, 5) is 24.6. The largest absolute Gasteiger partial charge is 0.444 e. The fourth-order valence-electron chi connectivity index (χ4n) is 2.05. The van der Waals surface area contributed by atoms with Crippen molar-refractivity contribution in [2.45, 2.75) is 59.6 Å². The van der Waals surface area contributed by atoms with Crippen molar-refractivity contribution < 1.29 is 14.3 Å². The number of ether oxygens (including phenoxy) is 1. The number of nitrogens with one attached hydrogen (secondary N) is 1. The van der Waals surface area contributed by atoms with Crippen LogP contribution in [0.15, 0.2) is 30.3 Å². The van der Waals surface area contributed by atoms with Crippen LogP contribution in [0.4, 0.5) is 4.79 Å². The third-order valence-corrected chi connectivity index (χ3v) is 2.82. The monoisotopic (exact) mass is 305 g/mol. The van der Waals surface area contributed by atoms with Crippen LogP contribution in [-0.4, -0.2) is 17.5 Å². The van der Waals surface area contributed by atoms with Crippen LogP contribution in [0.1, 0.15) is 59.6 Å². The summed E-state index contributed by atoms with van der Waals surface area (Å²) in [5, 5.41) is 2.70. The molecule has 4 heteroatoms. The molecule has 0 fully saturated rings. The summed E-state index contributed by atoms with van der Waals surface area (Å²) >= 11 is 0. The van der Waals surface area contributed by atoms with Crippen LogP contribution < -0.4 is 5.32 Å². The van der Waals surface area contributed by atoms with E-state index >= 15 is 0 Å². The summed E-state index contributed by atoms with van der Waals surface area (Å²) in [7, 11) is 0. The van der Waals surface area contributed by atoms with E-state index in [1.54, 1.807) is 20.8 Å². The fourth-order valence-corrected chi connectivity index (χ4v) is 2.05. The number of amides is 1. The lowest BCUT2D eigenvalue weighted by atomic mass is 9.86. The lowest BCUT2D eigenvalue weighted by Crippen LogP contribution is -2.39. The summed E-state index contributed by atoms with van der Waals surface area (Å²) in [5.41, 5.74) is 0.0283. The second-order valence-electron chi connectivity index (χ2n) is 7.69. The second kappa shape index (κ2) is 6.95. The molecule has 1 amide bonds. The number of Topliss-reactive ketones (excluding diaryl/α,β-unsaturated/α-hetero) is 1. The van der Waals surface area contributed by atoms with Gasteiger partial charge in [-0.15, -0.1) is 0 Å². The number of hydrogen-bond acceptors (Lipinski definition) is 3. The Kier molecular flexibility index (Phi) is 5.75. The van der Waals surface area contributed by atoms with Gasteiger partial charge in [0.05, 0.1) is 0 Å². The van der Waals surface area contributed by atoms with E-state index in [0.717, 1.165) is 5.56 Å². The van der Waals surface area contributed by atoms with Gasteiger partial charge in [-0.3, -0.25) is 4.79 Å². The predicted molar refractivity (Wildman–Crippen MR) is 87.6 cm³/mol. The highest BCUT2D eigenvalue weighted by Gasteiger charge is 2.28. The summed E-state index contributed by atoms with van der Waals surface area (Å²) in [6.45, 7) is 11.4. The first-order chi connectivity index (χ1) is 9.98. The second-order valence-corrected chi connectivity index (χ2v) is 7.69. The highest BCUT2D eigenvalue weighted by atomic mass is 16.6. The fraction of sp³-hybridized carbons (Fsp3) is 0.556. The maximum absolute atomic E-state index is 12.6. The van der Waals surface area contributed by atoms with Crippen molar-refractivity contribution in [1.29, 1.82) is 0 Å². The molecule has 0 aromatic heterocycles. The van der Waals surface area contributed by atoms with Gasteiger partial charge in [0.25, 0.3) is 0 Å². The first kappa shape index (κ1) is 18.2. The van der Waals surface area contributed by atoms with Crippen LogP contribution in [0.25, 0.3) is 0 Å². The van der Waals surface area contributed by atoms with Gasteiger partial charge in [0.15, 0.2) is 5.78 Å². The molecular weight excluding hydrogens is 278 g/mol. The van der Waals surface area contributed by atoms with Crippen LogP contribution in [0.3, 0.4) is 0 Å². The predicted octanol–water partition coefficient (Wildman–Crippen LogP) is 4.26. The number of carbonyl (C=O) groups excluding carboxylic acids is 2. The van der Waals surface area contributed by atoms with Gasteiger partial charge in [-0.05, 0) is 31.7 Å². The van der Waals surface area contributed by atoms with Gasteiger partial charge < -0.3 is 10.1 Å². The SMILES string of the molecule is CC(C)(C)CC(=O)[C@H](NC(=O)OC(C)(C)C)c1ccccc1. The Hall–Kier alpha value is -1.84. The first-order valence-electron chi connectivity index (χ1n) is 7.55. The molecule has 0 aliphatic rings. The van der Waals surface area contributed by atoms with Crippen molar-refractivity contribution in [2.75, 3.05) is 0 Å². The maximum atomic E-state index is 12.6. The molecule has 122 valence electrons. The van der Waals surface area contributed by atoms with Crippen molar-refractivity contribution >= 4 is 11.9 Å². The Bertz CT molecular complexity index is 509. The zero-order chi connectivity index (χ0) is 17.0. The molecule has 0 saturated heterocycles. The lowest BCUT2D eigenvalue weighted by molar-refractivity contribution is -0.123. The van der Waals surface area contributed by atoms with Gasteiger partial charge in [0, 0.05) is 6.42 Å². The summed E-state index contributed by atoms with van der Waals surface area (Å²) < 4.78 is 5.27. The average molecular weight is 305 g/mol. The summed E-state index contributed by atoms with van der Waals surface area (Å²) in [5.74, 6) is -0.0236. The summed E-state index contributed by atoms with van der Waals surface area (Å²) in [6.07, 6.45) is -0.203. The Morgan fingerprint density at radius 2 is 1.59 bits per heavy atom. The average Bonchev–Trinajstić information content (AvgIpc) is 2.32. The normalized spacial score (nSPS) is 13.4. The van der Waals surface area contributed by atoms with Crippen LogP contribution in [0, 0.1) is 5.41 Å². The standard InChI is InChI=1S/C18H27NO3/c1-17(2,3)12-14(20)15(13-10-8-7-9-11-13)19-16(21)22-18(4,5)6/h7-11,15H,12H2,1-6H3,(H,19,21)/t15-/m1/s1. The molecule has 4 nitrogen and oxygen atoms in total. The molecule has 0 bridgehead atoms. The minimum Gasteiger partial charge on any atom is -0.444 e. The molecule has 0 aliphatic carbocycles. The Balaban J connectivity index is 2.93. The highest BCUT2D eigenvalue weighted by Crippen LogP contribution is 2.25. The van der Waals surface area contributed by atoms with Crippen molar-refractivity contribution in [3.8, 4) is 0 Å². The third kappa shape index (κ3) is 6.74. The quantitative estimate of drug-likeness (QED) is 0.904. The number of ketones is 1. The van der Waals surface area contributed by atoms with Crippen molar-refractivity contribution in [3.63, 3.8) is 0 Å². The first-order valence-corrected chi connectivity index (χ1v) is 7.55. The van der Waals surface area contributed by atoms with Crippen molar-refractivity contribution in [1.82, 2.24) is 5.32 Å². The Labute approximate surface area is 133 Å². The van der Waals surface area contributed by atoms with E-state index in [2.05, 4.69) is 5.32 Å². The molecule has 1 N–H and O–H groups in total. The van der Waals surface area contributed by atoms with Crippen LogP contribution in [0.2, 0.25) is 0 Å². The minimum absolute atomic E-state index is 0.0236. The molecule has 22 heavy (non-hydrogen) atoms. The van der Waals surface area contributed by atoms with E-state index in [4.69, 9.17) is 4.74 Å². The van der Waals surface area contributed by atoms with Crippen molar-refractivity contribution in [3.05, 3.63) is 35.9 Å². The van der Waals surface area contributed by atoms with Gasteiger partial charge in [-0.2, -0.15) is 0 Å². The van der Waals surface area contributed by atoms with E-state index in [1.807, 2.05) is 51.1 Å². The van der Waals surface area contributed by atoms with Gasteiger partial charge >= 0.3 is 6.09 Å². The molecule has 1 aromatic carbocycles. The zero-order valence-electron chi connectivity index (χ0n) is 14.4. The zero-order valence-corrected chi connectivity index (χ0v) is 14.4. The highest BCUT2D eigenvalue weighted by molar-refractivity contribution is 5.89. The molecule has 0 heterocycles. The summed E-state index contributed by atoms with van der Waals surface area (Å²) in [6, 6.07) is 8.57. The Morgan fingerprint density at radius 1 is 1.05 bits per heavy atom. The maximum Gasteiger partial charge on any atom is 0.408 e. The molecule has 1 rings (SSSR count). The van der Waals surface area contributed by atoms with E-state index < -0.39 is 17.7 Å². The van der Waals surface area contributed by atoms with E-state index in [9.17, 15) is 9.59 Å². The minimum atomic E-state index is -0.685. The molecule has 0 aliphatic heterocycles. The molecule has 0 unspecified atom stereocenters. The number of hydrogen-bond donors (Lipinski definition) is 1. The van der Waals surface area contributed by atoms with Gasteiger partial charge in [0.1, 0.15) is 11.6 Å². The Morgan fingerprint density at radius 3 is 2.05 bits per heavy atom. The van der Waals surface area contributed by atoms with E-state index in [1.165, 1.54) is 0 Å². The molecule has 0 spiro atoms. The van der Waals surface area contributed by atoms with Crippen molar-refractivity contribution in [2.24, 2.45) is 5.41 Å². The van der Waals surface area contributed by atoms with Gasteiger partial charge in [-0.25, -0.2) is 4.79 Å². The number of rotatable bonds is 4. The topological polar surface area (TPSA) is 55.4 Å². The molecule has 1 aromatic rings. The van der Waals surface area contributed by atoms with Crippen LogP contribution >= 0.6 is 0 Å². The van der Waals surface area contributed by atoms with E-state index in [-0.39, 0.29) is 11.2 Å². The van der Waals surface area contributed by atoms with E-state index in [0.29, 0.717) is 6.42 Å². The molecule has 1 atom stereocenters. The van der Waals surface area contributed by atoms with Crippen LogP contribution in [0.5, 0.6) is 0 Å². The van der Waals surface area contributed by atoms with Crippen LogP contribution in [-0.2, 0) is 9.53 Å². The van der Waals surface area contributed by atoms with Gasteiger partial charge in [0.2, 0.25) is 0 Å². The molecule has 0 radical (unpaired) electrons. The molecular formula is C18H27NO3. The number of alkyl carbamates (subject to hydrolysis) is 1. The third-order valence-electron chi connectivity index (χ3n) is 2.82. The lowest BCUT2D eigenvalue weighted by Gasteiger charge is -2.25. The number of benzene rings is 1. The smallest absolute Gasteiger partial charge is 0.408 e. The van der Waals surface area contributed by atoms with Gasteiger partial charge in [-0.1, -0.05) is 51.1 Å².